The Hall–Kier alpha value is -4.91. The molecular formula is C45H46O7. The van der Waals surface area contributed by atoms with Crippen LogP contribution in [0.2, 0.25) is 0 Å². The zero-order chi connectivity index (χ0) is 35.6. The molecule has 0 spiro atoms. The molecule has 8 bridgehead atoms. The maximum Gasteiger partial charge on any atom is 0.308 e. The summed E-state index contributed by atoms with van der Waals surface area (Å²) in [6.45, 7) is 8.74. The number of hydrogen-bond donors (Lipinski definition) is 0. The zero-order valence-electron chi connectivity index (χ0n) is 30.5. The summed E-state index contributed by atoms with van der Waals surface area (Å²) >= 11 is 0. The monoisotopic (exact) mass is 698 g/mol. The van der Waals surface area contributed by atoms with Gasteiger partial charge in [-0.05, 0) is 126 Å². The number of hydrogen-bond acceptors (Lipinski definition) is 7. The number of esters is 1. The third-order valence-electron chi connectivity index (χ3n) is 12.1. The second-order valence-electron chi connectivity index (χ2n) is 16.3. The van der Waals surface area contributed by atoms with E-state index in [-0.39, 0.29) is 16.9 Å². The molecule has 4 atom stereocenters. The minimum absolute atomic E-state index is 0.219. The van der Waals surface area contributed by atoms with Crippen molar-refractivity contribution in [3.63, 3.8) is 0 Å². The van der Waals surface area contributed by atoms with Gasteiger partial charge in [0.2, 0.25) is 5.75 Å². The van der Waals surface area contributed by atoms with Gasteiger partial charge in [-0.15, -0.1) is 0 Å². The van der Waals surface area contributed by atoms with Gasteiger partial charge in [0.15, 0.2) is 29.1 Å². The van der Waals surface area contributed by atoms with Crippen LogP contribution in [-0.4, -0.2) is 18.4 Å². The van der Waals surface area contributed by atoms with Crippen LogP contribution in [0.3, 0.4) is 0 Å². The molecule has 1 fully saturated rings. The van der Waals surface area contributed by atoms with Gasteiger partial charge in [0.05, 0.1) is 0 Å². The first-order chi connectivity index (χ1) is 25.1. The highest BCUT2D eigenvalue weighted by molar-refractivity contribution is 5.70. The molecule has 7 aliphatic rings. The van der Waals surface area contributed by atoms with Crippen LogP contribution in [0, 0.1) is 16.7 Å². The maximum absolute atomic E-state index is 11.9. The van der Waals surface area contributed by atoms with E-state index in [0.29, 0.717) is 40.4 Å². The van der Waals surface area contributed by atoms with Crippen LogP contribution < -0.4 is 23.7 Å². The molecule has 0 radical (unpaired) electrons. The first kappa shape index (κ1) is 33.0. The van der Waals surface area contributed by atoms with E-state index in [1.54, 1.807) is 6.07 Å². The Kier molecular flexibility index (Phi) is 8.01. The largest absolute Gasteiger partial charge is 0.470 e. The summed E-state index contributed by atoms with van der Waals surface area (Å²) in [5.41, 5.74) is 6.16. The summed E-state index contributed by atoms with van der Waals surface area (Å²) in [5, 5.41) is 0. The summed E-state index contributed by atoms with van der Waals surface area (Å²) in [6, 6.07) is 26.2. The van der Waals surface area contributed by atoms with Gasteiger partial charge in [-0.25, -0.2) is 0 Å². The molecule has 2 aliphatic carbocycles. The van der Waals surface area contributed by atoms with Gasteiger partial charge in [-0.2, -0.15) is 0 Å². The highest BCUT2D eigenvalue weighted by Crippen LogP contribution is 2.62. The lowest BCUT2D eigenvalue weighted by Gasteiger charge is -2.53. The maximum atomic E-state index is 11.9. The molecule has 268 valence electrons. The number of benzene rings is 4. The van der Waals surface area contributed by atoms with E-state index in [2.05, 4.69) is 51.1 Å². The van der Waals surface area contributed by atoms with Gasteiger partial charge in [-0.3, -0.25) is 4.79 Å². The number of rotatable bonds is 1. The van der Waals surface area contributed by atoms with Crippen molar-refractivity contribution in [1.82, 2.24) is 0 Å². The van der Waals surface area contributed by atoms with E-state index < -0.39 is 12.3 Å². The van der Waals surface area contributed by atoms with Crippen LogP contribution in [0.25, 0.3) is 0 Å². The van der Waals surface area contributed by atoms with Gasteiger partial charge in [0.1, 0.15) is 17.3 Å². The minimum Gasteiger partial charge on any atom is -0.470 e. The Labute approximate surface area is 305 Å². The predicted octanol–water partition coefficient (Wildman–Crippen LogP) is 10.5. The van der Waals surface area contributed by atoms with Crippen LogP contribution in [0.15, 0.2) is 90.2 Å². The molecule has 7 heteroatoms. The van der Waals surface area contributed by atoms with Crippen LogP contribution in [-0.2, 0) is 35.2 Å². The van der Waals surface area contributed by atoms with Crippen molar-refractivity contribution < 1.29 is 33.2 Å². The molecular weight excluding hydrogens is 652 g/mol. The average Bonchev–Trinajstić information content (AvgIpc) is 3.45. The lowest BCUT2D eigenvalue weighted by atomic mass is 9.51. The lowest BCUT2D eigenvalue weighted by Crippen LogP contribution is -2.45. The molecule has 5 aliphatic heterocycles. The van der Waals surface area contributed by atoms with Crippen molar-refractivity contribution >= 4 is 5.97 Å². The standard InChI is InChI=1S/C45H46O7/c1-27(46)47-35-19-14-30-10-9-29-7-5-8-33(23-29)49-36-20-16-31(15-11-28-12-17-32(18-13-28)48-38(35)24-30)40-42(36)51-41-34-26-45(4)22-6-21-44(2,3)39(45)25-37(34)50-43(41)52-40/h5,7-8,12-14,16-20,23-24,39,41,43H,6,9-11,15,21-22,25-26H2,1-4H3/t39-,41-,43-,45+/m0/s1. The van der Waals surface area contributed by atoms with Crippen LogP contribution in [0.4, 0.5) is 0 Å². The minimum atomic E-state index is -0.516. The Morgan fingerprint density at radius 3 is 2.33 bits per heavy atom. The first-order valence-corrected chi connectivity index (χ1v) is 18.8. The molecule has 0 unspecified atom stereocenters. The fraction of sp³-hybridized carbons (Fsp3) is 0.400. The Balaban J connectivity index is 1.06. The van der Waals surface area contributed by atoms with Crippen molar-refractivity contribution in [3.8, 4) is 40.2 Å². The smallest absolute Gasteiger partial charge is 0.308 e. The van der Waals surface area contributed by atoms with Gasteiger partial charge in [0, 0.05) is 18.9 Å². The SMILES string of the molecule is CC(=O)Oc1ccc2cc1Oc1ccc(cc1)CCc1ccc(c3c1O[C@@H]1OC4=C(C[C@@]5(C)CCCC(C)(C)[C@@H]5C4)[C@@H]1O3)Oc1cccc(c1)CC2. The van der Waals surface area contributed by atoms with E-state index in [1.165, 1.54) is 31.8 Å². The number of carbonyl (C=O) groups is 1. The van der Waals surface area contributed by atoms with Crippen molar-refractivity contribution in [2.45, 2.75) is 97.9 Å². The molecule has 1 saturated carbocycles. The normalized spacial score (nSPS) is 25.4. The summed E-state index contributed by atoms with van der Waals surface area (Å²) in [7, 11) is 0. The Morgan fingerprint density at radius 1 is 0.731 bits per heavy atom. The fourth-order valence-corrected chi connectivity index (χ4v) is 9.47. The van der Waals surface area contributed by atoms with Crippen molar-refractivity contribution in [3.05, 3.63) is 112 Å². The average molecular weight is 699 g/mol. The van der Waals surface area contributed by atoms with Crippen molar-refractivity contribution in [2.24, 2.45) is 16.7 Å². The molecule has 5 heterocycles. The quantitative estimate of drug-likeness (QED) is 0.145. The molecule has 52 heavy (non-hydrogen) atoms. The fourth-order valence-electron chi connectivity index (χ4n) is 9.47. The number of fused-ring (bicyclic) bond motifs is 4. The third kappa shape index (κ3) is 6.08. The Bertz CT molecular complexity index is 2080. The lowest BCUT2D eigenvalue weighted by molar-refractivity contribution is -0.132. The van der Waals surface area contributed by atoms with Crippen molar-refractivity contribution in [2.75, 3.05) is 0 Å². The summed E-state index contributed by atoms with van der Waals surface area (Å²) in [5.74, 6) is 5.55. The summed E-state index contributed by atoms with van der Waals surface area (Å²) in [6.07, 6.45) is 7.90. The van der Waals surface area contributed by atoms with Crippen LogP contribution >= 0.6 is 0 Å². The predicted molar refractivity (Wildman–Crippen MR) is 197 cm³/mol. The second-order valence-corrected chi connectivity index (χ2v) is 16.3. The molecule has 11 rings (SSSR count). The van der Waals surface area contributed by atoms with Gasteiger partial charge < -0.3 is 28.4 Å². The Morgan fingerprint density at radius 2 is 1.50 bits per heavy atom. The van der Waals surface area contributed by atoms with E-state index in [4.69, 9.17) is 28.4 Å². The van der Waals surface area contributed by atoms with E-state index in [1.807, 2.05) is 42.5 Å². The molecule has 4 aromatic carbocycles. The van der Waals surface area contributed by atoms with Crippen molar-refractivity contribution in [1.29, 1.82) is 0 Å². The van der Waals surface area contributed by atoms with Gasteiger partial charge in [0.25, 0.3) is 6.29 Å². The third-order valence-corrected chi connectivity index (χ3v) is 12.1. The molecule has 4 aromatic rings. The molecule has 0 aromatic heterocycles. The highest BCUT2D eigenvalue weighted by atomic mass is 16.7. The number of ether oxygens (including phenoxy) is 6. The number of aryl methyl sites for hydroxylation is 4. The van der Waals surface area contributed by atoms with Gasteiger partial charge >= 0.3 is 5.97 Å². The first-order valence-electron chi connectivity index (χ1n) is 18.8. The van der Waals surface area contributed by atoms with E-state index in [9.17, 15) is 4.79 Å². The zero-order valence-corrected chi connectivity index (χ0v) is 30.5. The highest BCUT2D eigenvalue weighted by Gasteiger charge is 2.56. The summed E-state index contributed by atoms with van der Waals surface area (Å²) in [4.78, 5) is 11.9. The number of carbonyl (C=O) groups excluding carboxylic acids is 1. The molecule has 0 N–H and O–H groups in total. The topological polar surface area (TPSA) is 72.5 Å². The van der Waals surface area contributed by atoms with Crippen LogP contribution in [0.1, 0.15) is 82.1 Å². The molecule has 7 nitrogen and oxygen atoms in total. The van der Waals surface area contributed by atoms with E-state index in [0.717, 1.165) is 72.3 Å². The summed E-state index contributed by atoms with van der Waals surface area (Å²) < 4.78 is 39.0. The van der Waals surface area contributed by atoms with Gasteiger partial charge in [-0.1, -0.05) is 63.6 Å². The van der Waals surface area contributed by atoms with E-state index >= 15 is 0 Å². The van der Waals surface area contributed by atoms with Crippen LogP contribution in [0.5, 0.6) is 40.2 Å². The molecule has 0 amide bonds. The molecule has 0 saturated heterocycles. The number of allylic oxidation sites excluding steroid dienone is 1. The second kappa shape index (κ2) is 12.6.